The SMILES string of the molecule is CCCC(C)(C)COC(C)=O. The monoisotopic (exact) mass is 158 g/mol. The van der Waals surface area contributed by atoms with Gasteiger partial charge in [0.1, 0.15) is 0 Å². The van der Waals surface area contributed by atoms with Crippen molar-refractivity contribution in [3.8, 4) is 0 Å². The molecular weight excluding hydrogens is 140 g/mol. The molecule has 2 heteroatoms. The number of carbonyl (C=O) groups is 1. The third-order valence-electron chi connectivity index (χ3n) is 1.59. The number of carbonyl (C=O) groups excluding carboxylic acids is 1. The van der Waals surface area contributed by atoms with Crippen LogP contribution in [0.1, 0.15) is 40.5 Å². The summed E-state index contributed by atoms with van der Waals surface area (Å²) in [5.41, 5.74) is 0.139. The van der Waals surface area contributed by atoms with E-state index < -0.39 is 0 Å². The highest BCUT2D eigenvalue weighted by molar-refractivity contribution is 5.65. The smallest absolute Gasteiger partial charge is 0.302 e. The summed E-state index contributed by atoms with van der Waals surface area (Å²) in [7, 11) is 0. The van der Waals surface area contributed by atoms with Gasteiger partial charge < -0.3 is 4.74 Å². The van der Waals surface area contributed by atoms with Crippen molar-refractivity contribution in [1.82, 2.24) is 0 Å². The summed E-state index contributed by atoms with van der Waals surface area (Å²) in [6.07, 6.45) is 2.23. The van der Waals surface area contributed by atoms with E-state index in [4.69, 9.17) is 4.74 Å². The third-order valence-corrected chi connectivity index (χ3v) is 1.59. The van der Waals surface area contributed by atoms with Crippen molar-refractivity contribution < 1.29 is 9.53 Å². The molecule has 0 saturated carbocycles. The second-order valence-corrected chi connectivity index (χ2v) is 3.69. The van der Waals surface area contributed by atoms with Gasteiger partial charge in [0.05, 0.1) is 6.61 Å². The van der Waals surface area contributed by atoms with Crippen LogP contribution in [-0.2, 0) is 9.53 Å². The summed E-state index contributed by atoms with van der Waals surface area (Å²) in [5, 5.41) is 0. The molecule has 0 unspecified atom stereocenters. The standard InChI is InChI=1S/C9H18O2/c1-5-6-9(3,4)7-11-8(2)10/h5-7H2,1-4H3. The van der Waals surface area contributed by atoms with Gasteiger partial charge >= 0.3 is 5.97 Å². The first kappa shape index (κ1) is 10.5. The summed E-state index contributed by atoms with van der Waals surface area (Å²) < 4.78 is 4.92. The molecule has 66 valence electrons. The molecule has 0 aliphatic heterocycles. The van der Waals surface area contributed by atoms with Crippen molar-refractivity contribution in [2.24, 2.45) is 5.41 Å². The lowest BCUT2D eigenvalue weighted by atomic mass is 9.89. The van der Waals surface area contributed by atoms with Gasteiger partial charge in [0.2, 0.25) is 0 Å². The van der Waals surface area contributed by atoms with Crippen molar-refractivity contribution in [1.29, 1.82) is 0 Å². The molecule has 11 heavy (non-hydrogen) atoms. The molecule has 0 rings (SSSR count). The lowest BCUT2D eigenvalue weighted by molar-refractivity contribution is -0.144. The molecule has 0 atom stereocenters. The molecular formula is C9H18O2. The number of rotatable bonds is 4. The van der Waals surface area contributed by atoms with Gasteiger partial charge in [0.15, 0.2) is 0 Å². The van der Waals surface area contributed by atoms with Crippen LogP contribution in [0.15, 0.2) is 0 Å². The van der Waals surface area contributed by atoms with Crippen molar-refractivity contribution in [3.05, 3.63) is 0 Å². The zero-order valence-electron chi connectivity index (χ0n) is 7.94. The Morgan fingerprint density at radius 2 is 2.00 bits per heavy atom. The van der Waals surface area contributed by atoms with Crippen molar-refractivity contribution in [2.45, 2.75) is 40.5 Å². The largest absolute Gasteiger partial charge is 0.465 e. The molecule has 2 nitrogen and oxygen atoms in total. The topological polar surface area (TPSA) is 26.3 Å². The van der Waals surface area contributed by atoms with Crippen LogP contribution in [0.5, 0.6) is 0 Å². The third kappa shape index (κ3) is 5.89. The Labute approximate surface area is 68.9 Å². The minimum atomic E-state index is -0.186. The quantitative estimate of drug-likeness (QED) is 0.587. The molecule has 0 aromatic heterocycles. The first-order chi connectivity index (χ1) is 4.98. The van der Waals surface area contributed by atoms with Crippen molar-refractivity contribution in [2.75, 3.05) is 6.61 Å². The molecule has 0 aliphatic rings. The van der Waals surface area contributed by atoms with E-state index in [9.17, 15) is 4.79 Å². The molecule has 0 aromatic rings. The zero-order chi connectivity index (χ0) is 8.91. The average Bonchev–Trinajstić information content (AvgIpc) is 1.84. The summed E-state index contributed by atoms with van der Waals surface area (Å²) in [5.74, 6) is -0.186. The van der Waals surface area contributed by atoms with E-state index in [1.807, 2.05) is 0 Å². The minimum absolute atomic E-state index is 0.139. The van der Waals surface area contributed by atoms with E-state index in [-0.39, 0.29) is 11.4 Å². The molecule has 0 spiro atoms. The molecule has 0 saturated heterocycles. The van der Waals surface area contributed by atoms with Crippen LogP contribution in [0, 0.1) is 5.41 Å². The Morgan fingerprint density at radius 1 is 1.45 bits per heavy atom. The molecule has 0 amide bonds. The fourth-order valence-corrected chi connectivity index (χ4v) is 1.05. The Balaban J connectivity index is 3.63. The van der Waals surface area contributed by atoms with E-state index in [1.54, 1.807) is 0 Å². The fraction of sp³-hybridized carbons (Fsp3) is 0.889. The Morgan fingerprint density at radius 3 is 2.36 bits per heavy atom. The van der Waals surface area contributed by atoms with Gasteiger partial charge in [-0.2, -0.15) is 0 Å². The van der Waals surface area contributed by atoms with Gasteiger partial charge in [-0.3, -0.25) is 4.79 Å². The maximum Gasteiger partial charge on any atom is 0.302 e. The molecule has 0 fully saturated rings. The van der Waals surface area contributed by atoms with E-state index in [2.05, 4.69) is 20.8 Å². The maximum atomic E-state index is 10.5. The van der Waals surface area contributed by atoms with Crippen LogP contribution in [0.25, 0.3) is 0 Å². The van der Waals surface area contributed by atoms with Crippen LogP contribution < -0.4 is 0 Å². The summed E-state index contributed by atoms with van der Waals surface area (Å²) in [6, 6.07) is 0. The zero-order valence-corrected chi connectivity index (χ0v) is 7.94. The van der Waals surface area contributed by atoms with E-state index in [0.29, 0.717) is 6.61 Å². The number of esters is 1. The summed E-state index contributed by atoms with van der Waals surface area (Å²) in [4.78, 5) is 10.5. The lowest BCUT2D eigenvalue weighted by Crippen LogP contribution is -2.20. The van der Waals surface area contributed by atoms with Gasteiger partial charge in [-0.05, 0) is 11.8 Å². The maximum absolute atomic E-state index is 10.5. The summed E-state index contributed by atoms with van der Waals surface area (Å²) in [6.45, 7) is 8.34. The van der Waals surface area contributed by atoms with Crippen molar-refractivity contribution >= 4 is 5.97 Å². The number of hydrogen-bond donors (Lipinski definition) is 0. The van der Waals surface area contributed by atoms with Gasteiger partial charge in [-0.15, -0.1) is 0 Å². The highest BCUT2D eigenvalue weighted by atomic mass is 16.5. The Bertz CT molecular complexity index is 128. The first-order valence-corrected chi connectivity index (χ1v) is 4.11. The van der Waals surface area contributed by atoms with Crippen LogP contribution in [-0.4, -0.2) is 12.6 Å². The van der Waals surface area contributed by atoms with Gasteiger partial charge in [0.25, 0.3) is 0 Å². The predicted octanol–water partition coefficient (Wildman–Crippen LogP) is 2.38. The molecule has 0 heterocycles. The first-order valence-electron chi connectivity index (χ1n) is 4.11. The Hall–Kier alpha value is -0.530. The molecule has 0 aromatic carbocycles. The second kappa shape index (κ2) is 4.37. The molecule has 0 N–H and O–H groups in total. The lowest BCUT2D eigenvalue weighted by Gasteiger charge is -2.22. The Kier molecular flexibility index (Phi) is 4.16. The average molecular weight is 158 g/mol. The highest BCUT2D eigenvalue weighted by Gasteiger charge is 2.17. The van der Waals surface area contributed by atoms with Crippen LogP contribution in [0.2, 0.25) is 0 Å². The van der Waals surface area contributed by atoms with Gasteiger partial charge in [-0.1, -0.05) is 27.2 Å². The van der Waals surface area contributed by atoms with Crippen LogP contribution >= 0.6 is 0 Å². The number of hydrogen-bond acceptors (Lipinski definition) is 2. The van der Waals surface area contributed by atoms with Crippen molar-refractivity contribution in [3.63, 3.8) is 0 Å². The normalized spacial score (nSPS) is 11.3. The van der Waals surface area contributed by atoms with E-state index in [1.165, 1.54) is 6.92 Å². The van der Waals surface area contributed by atoms with Gasteiger partial charge in [0, 0.05) is 6.92 Å². The number of ether oxygens (including phenoxy) is 1. The minimum Gasteiger partial charge on any atom is -0.465 e. The molecule has 0 aliphatic carbocycles. The fourth-order valence-electron chi connectivity index (χ4n) is 1.05. The summed E-state index contributed by atoms with van der Waals surface area (Å²) >= 11 is 0. The second-order valence-electron chi connectivity index (χ2n) is 3.69. The molecule has 0 radical (unpaired) electrons. The predicted molar refractivity (Wildman–Crippen MR) is 45.3 cm³/mol. The van der Waals surface area contributed by atoms with E-state index >= 15 is 0 Å². The van der Waals surface area contributed by atoms with Gasteiger partial charge in [-0.25, -0.2) is 0 Å². The molecule has 0 bridgehead atoms. The highest BCUT2D eigenvalue weighted by Crippen LogP contribution is 2.22. The van der Waals surface area contributed by atoms with E-state index in [0.717, 1.165) is 12.8 Å². The van der Waals surface area contributed by atoms with Crippen LogP contribution in [0.3, 0.4) is 0 Å². The van der Waals surface area contributed by atoms with Crippen LogP contribution in [0.4, 0.5) is 0 Å².